The average Bonchev–Trinajstić information content (AvgIpc) is 2.87. The van der Waals surface area contributed by atoms with E-state index in [4.69, 9.17) is 0 Å². The number of nitrogens with one attached hydrogen (secondary N) is 2. The van der Waals surface area contributed by atoms with Crippen molar-refractivity contribution in [3.63, 3.8) is 0 Å². The molecule has 88 valence electrons. The molecule has 0 unspecified atom stereocenters. The zero-order valence-corrected chi connectivity index (χ0v) is 9.67. The summed E-state index contributed by atoms with van der Waals surface area (Å²) in [4.78, 5) is 15.4. The highest BCUT2D eigenvalue weighted by Crippen LogP contribution is 2.24. The van der Waals surface area contributed by atoms with Gasteiger partial charge >= 0.3 is 6.03 Å². The lowest BCUT2D eigenvalue weighted by atomic mass is 10.1. The smallest absolute Gasteiger partial charge is 0.321 e. The first kappa shape index (κ1) is 11.3. The van der Waals surface area contributed by atoms with E-state index in [0.29, 0.717) is 11.7 Å². The molecule has 0 aromatic carbocycles. The van der Waals surface area contributed by atoms with Crippen molar-refractivity contribution in [2.45, 2.75) is 25.4 Å². The molecule has 0 aliphatic heterocycles. The molecule has 0 radical (unpaired) electrons. The number of aliphatic hydroxyl groups is 1. The van der Waals surface area contributed by atoms with Gasteiger partial charge in [-0.25, -0.2) is 9.78 Å². The fourth-order valence-corrected chi connectivity index (χ4v) is 2.43. The molecule has 5 nitrogen and oxygen atoms in total. The Morgan fingerprint density at radius 3 is 3.12 bits per heavy atom. The maximum Gasteiger partial charge on any atom is 0.321 e. The van der Waals surface area contributed by atoms with Crippen molar-refractivity contribution in [2.75, 3.05) is 11.9 Å². The summed E-state index contributed by atoms with van der Waals surface area (Å²) in [6, 6.07) is -0.256. The van der Waals surface area contributed by atoms with E-state index < -0.39 is 0 Å². The number of urea groups is 1. The number of anilines is 1. The zero-order valence-electron chi connectivity index (χ0n) is 8.85. The van der Waals surface area contributed by atoms with Crippen LogP contribution in [0.5, 0.6) is 0 Å². The molecule has 6 heteroatoms. The third kappa shape index (κ3) is 2.93. The summed E-state index contributed by atoms with van der Waals surface area (Å²) < 4.78 is 0. The minimum absolute atomic E-state index is 0.196. The van der Waals surface area contributed by atoms with Gasteiger partial charge in [0.1, 0.15) is 0 Å². The number of hydrogen-bond donors (Lipinski definition) is 3. The molecule has 3 N–H and O–H groups in total. The van der Waals surface area contributed by atoms with Crippen LogP contribution in [0.3, 0.4) is 0 Å². The molecule has 0 spiro atoms. The second kappa shape index (κ2) is 5.27. The van der Waals surface area contributed by atoms with Crippen molar-refractivity contribution in [3.8, 4) is 0 Å². The Labute approximate surface area is 97.9 Å². The lowest BCUT2D eigenvalue weighted by Crippen LogP contribution is -2.35. The van der Waals surface area contributed by atoms with E-state index in [1.165, 1.54) is 11.3 Å². The standard InChI is InChI=1S/C10H15N3O2S/c14-8-3-1-2-7(8)6-12-9(15)13-10-11-4-5-16-10/h4-5,7-8,14H,1-3,6H2,(H2,11,12,13,15)/t7-,8-/m1/s1. The Morgan fingerprint density at radius 2 is 2.50 bits per heavy atom. The van der Waals surface area contributed by atoms with Crippen LogP contribution in [0.2, 0.25) is 0 Å². The van der Waals surface area contributed by atoms with Crippen molar-refractivity contribution < 1.29 is 9.90 Å². The summed E-state index contributed by atoms with van der Waals surface area (Å²) in [6.45, 7) is 0.526. The summed E-state index contributed by atoms with van der Waals surface area (Å²) in [5.41, 5.74) is 0. The van der Waals surface area contributed by atoms with Gasteiger partial charge in [-0.2, -0.15) is 0 Å². The molecule has 0 saturated heterocycles. The lowest BCUT2D eigenvalue weighted by molar-refractivity contribution is 0.133. The summed E-state index contributed by atoms with van der Waals surface area (Å²) in [7, 11) is 0. The molecule has 0 bridgehead atoms. The predicted molar refractivity (Wildman–Crippen MR) is 62.5 cm³/mol. The molecular formula is C10H15N3O2S. The molecular weight excluding hydrogens is 226 g/mol. The van der Waals surface area contributed by atoms with Gasteiger partial charge in [-0.05, 0) is 12.8 Å². The number of rotatable bonds is 3. The Bertz CT molecular complexity index is 342. The predicted octanol–water partition coefficient (Wildman–Crippen LogP) is 1.43. The quantitative estimate of drug-likeness (QED) is 0.749. The Balaban J connectivity index is 1.71. The Kier molecular flexibility index (Phi) is 3.74. The van der Waals surface area contributed by atoms with E-state index in [9.17, 15) is 9.90 Å². The summed E-state index contributed by atoms with van der Waals surface area (Å²) >= 11 is 1.38. The average molecular weight is 241 g/mol. The van der Waals surface area contributed by atoms with Gasteiger partial charge in [0.05, 0.1) is 6.10 Å². The lowest BCUT2D eigenvalue weighted by Gasteiger charge is -2.14. The molecule has 2 rings (SSSR count). The van der Waals surface area contributed by atoms with Crippen molar-refractivity contribution in [2.24, 2.45) is 5.92 Å². The molecule has 1 aromatic rings. The van der Waals surface area contributed by atoms with Gasteiger partial charge in [-0.1, -0.05) is 6.42 Å². The van der Waals surface area contributed by atoms with Gasteiger partial charge in [0.2, 0.25) is 0 Å². The number of carbonyl (C=O) groups is 1. The molecule has 1 aromatic heterocycles. The van der Waals surface area contributed by atoms with Crippen molar-refractivity contribution in [1.29, 1.82) is 0 Å². The second-order valence-electron chi connectivity index (χ2n) is 3.93. The molecule has 1 heterocycles. The number of nitrogens with zero attached hydrogens (tertiary/aromatic N) is 1. The van der Waals surface area contributed by atoms with E-state index >= 15 is 0 Å². The maximum atomic E-state index is 11.4. The fourth-order valence-electron chi connectivity index (χ4n) is 1.91. The molecule has 1 fully saturated rings. The normalized spacial score (nSPS) is 24.3. The highest BCUT2D eigenvalue weighted by atomic mass is 32.1. The monoisotopic (exact) mass is 241 g/mol. The first-order valence-electron chi connectivity index (χ1n) is 5.38. The number of aliphatic hydroxyl groups excluding tert-OH is 1. The van der Waals surface area contributed by atoms with Crippen LogP contribution in [0, 0.1) is 5.92 Å². The summed E-state index contributed by atoms with van der Waals surface area (Å²) in [5.74, 6) is 0.196. The van der Waals surface area contributed by atoms with E-state index in [1.54, 1.807) is 11.6 Å². The molecule has 1 aliphatic rings. The zero-order chi connectivity index (χ0) is 11.4. The van der Waals surface area contributed by atoms with Crippen molar-refractivity contribution >= 4 is 22.5 Å². The minimum atomic E-state index is -0.264. The van der Waals surface area contributed by atoms with E-state index in [1.807, 2.05) is 0 Å². The third-order valence-corrected chi connectivity index (χ3v) is 3.49. The molecule has 16 heavy (non-hydrogen) atoms. The second-order valence-corrected chi connectivity index (χ2v) is 4.83. The van der Waals surface area contributed by atoms with Crippen molar-refractivity contribution in [1.82, 2.24) is 10.3 Å². The van der Waals surface area contributed by atoms with Gasteiger partial charge < -0.3 is 10.4 Å². The van der Waals surface area contributed by atoms with Gasteiger partial charge in [0.25, 0.3) is 0 Å². The Morgan fingerprint density at radius 1 is 1.62 bits per heavy atom. The molecule has 2 atom stereocenters. The number of aromatic nitrogens is 1. The van der Waals surface area contributed by atoms with Crippen LogP contribution in [0.1, 0.15) is 19.3 Å². The van der Waals surface area contributed by atoms with Crippen LogP contribution in [-0.4, -0.2) is 28.8 Å². The van der Waals surface area contributed by atoms with Crippen LogP contribution < -0.4 is 10.6 Å². The molecule has 1 saturated carbocycles. The first-order chi connectivity index (χ1) is 7.75. The largest absolute Gasteiger partial charge is 0.393 e. The van der Waals surface area contributed by atoms with Crippen LogP contribution in [0.15, 0.2) is 11.6 Å². The summed E-state index contributed by atoms with van der Waals surface area (Å²) in [5, 5.41) is 17.4. The number of thiazole rings is 1. The van der Waals surface area contributed by atoms with Crippen molar-refractivity contribution in [3.05, 3.63) is 11.6 Å². The number of carbonyl (C=O) groups excluding carboxylic acids is 1. The molecule has 1 aliphatic carbocycles. The van der Waals surface area contributed by atoms with Crippen LogP contribution in [0.4, 0.5) is 9.93 Å². The fraction of sp³-hybridized carbons (Fsp3) is 0.600. The number of hydrogen-bond acceptors (Lipinski definition) is 4. The Hall–Kier alpha value is -1.14. The summed E-state index contributed by atoms with van der Waals surface area (Å²) in [6.07, 6.45) is 4.25. The number of amides is 2. The highest BCUT2D eigenvalue weighted by Gasteiger charge is 2.25. The van der Waals surface area contributed by atoms with Gasteiger partial charge in [0.15, 0.2) is 5.13 Å². The van der Waals surface area contributed by atoms with Gasteiger partial charge in [-0.15, -0.1) is 11.3 Å². The topological polar surface area (TPSA) is 74.2 Å². The van der Waals surface area contributed by atoms with Gasteiger partial charge in [-0.3, -0.25) is 5.32 Å². The highest BCUT2D eigenvalue weighted by molar-refractivity contribution is 7.13. The third-order valence-electron chi connectivity index (χ3n) is 2.80. The maximum absolute atomic E-state index is 11.4. The van der Waals surface area contributed by atoms with Crippen LogP contribution in [0.25, 0.3) is 0 Å². The van der Waals surface area contributed by atoms with Gasteiger partial charge in [0, 0.05) is 24.0 Å². The van der Waals surface area contributed by atoms with Crippen LogP contribution in [-0.2, 0) is 0 Å². The SMILES string of the molecule is O=C(NC[C@H]1CCC[C@H]1O)Nc1nccs1. The molecule has 2 amide bonds. The van der Waals surface area contributed by atoms with E-state index in [2.05, 4.69) is 15.6 Å². The minimum Gasteiger partial charge on any atom is -0.393 e. The van der Waals surface area contributed by atoms with E-state index in [-0.39, 0.29) is 18.1 Å². The first-order valence-corrected chi connectivity index (χ1v) is 6.26. The van der Waals surface area contributed by atoms with Crippen LogP contribution >= 0.6 is 11.3 Å². The van der Waals surface area contributed by atoms with E-state index in [0.717, 1.165) is 19.3 Å².